The summed E-state index contributed by atoms with van der Waals surface area (Å²) in [6, 6.07) is 6.83. The maximum absolute atomic E-state index is 12.3. The van der Waals surface area contributed by atoms with Crippen LogP contribution in [0.2, 0.25) is 0 Å². The number of hydrogen-bond donors (Lipinski definition) is 2. The van der Waals surface area contributed by atoms with Gasteiger partial charge in [0, 0.05) is 5.39 Å². The standard InChI is InChI=1S/C18H26N2O3/c1-6-22-13-9-7-8-12-10-14(23-15(12)13)11(2)20-17(21)16(19)18(3,4)5/h7-11,16H,6,19H2,1-5H3,(H,20,21)/t11?,16-/m1/s1. The number of rotatable bonds is 5. The lowest BCUT2D eigenvalue weighted by molar-refractivity contribution is -0.125. The van der Waals surface area contributed by atoms with Gasteiger partial charge < -0.3 is 20.2 Å². The molecule has 1 amide bonds. The summed E-state index contributed by atoms with van der Waals surface area (Å²) in [5, 5.41) is 3.87. The monoisotopic (exact) mass is 318 g/mol. The van der Waals surface area contributed by atoms with Crippen LogP contribution in [-0.4, -0.2) is 18.6 Å². The Bertz CT molecular complexity index is 685. The molecule has 3 N–H and O–H groups in total. The minimum Gasteiger partial charge on any atom is -0.490 e. The lowest BCUT2D eigenvalue weighted by Crippen LogP contribution is -2.49. The molecule has 1 unspecified atom stereocenters. The van der Waals surface area contributed by atoms with Gasteiger partial charge in [-0.05, 0) is 31.4 Å². The van der Waals surface area contributed by atoms with Crippen LogP contribution in [0.15, 0.2) is 28.7 Å². The molecule has 23 heavy (non-hydrogen) atoms. The lowest BCUT2D eigenvalue weighted by atomic mass is 9.87. The highest BCUT2D eigenvalue weighted by molar-refractivity contribution is 5.85. The van der Waals surface area contributed by atoms with Gasteiger partial charge >= 0.3 is 0 Å². The predicted octanol–water partition coefficient (Wildman–Crippen LogP) is 3.38. The van der Waals surface area contributed by atoms with Crippen molar-refractivity contribution in [3.63, 3.8) is 0 Å². The van der Waals surface area contributed by atoms with Crippen molar-refractivity contribution in [2.45, 2.75) is 46.7 Å². The molecule has 0 saturated carbocycles. The Labute approximate surface area is 137 Å². The quantitative estimate of drug-likeness (QED) is 0.886. The Balaban J connectivity index is 2.20. The first-order valence-electron chi connectivity index (χ1n) is 7.95. The first-order valence-corrected chi connectivity index (χ1v) is 7.95. The van der Waals surface area contributed by atoms with Gasteiger partial charge in [0.05, 0.1) is 18.7 Å². The van der Waals surface area contributed by atoms with Crippen molar-refractivity contribution in [1.82, 2.24) is 5.32 Å². The topological polar surface area (TPSA) is 77.5 Å². The molecule has 0 saturated heterocycles. The van der Waals surface area contributed by atoms with Crippen molar-refractivity contribution in [2.24, 2.45) is 11.1 Å². The third kappa shape index (κ3) is 3.85. The van der Waals surface area contributed by atoms with Crippen molar-refractivity contribution in [2.75, 3.05) is 6.61 Å². The summed E-state index contributed by atoms with van der Waals surface area (Å²) in [4.78, 5) is 12.3. The minimum absolute atomic E-state index is 0.185. The van der Waals surface area contributed by atoms with E-state index in [1.165, 1.54) is 0 Å². The van der Waals surface area contributed by atoms with Gasteiger partial charge in [-0.3, -0.25) is 4.79 Å². The van der Waals surface area contributed by atoms with Crippen LogP contribution in [0.25, 0.3) is 11.0 Å². The highest BCUT2D eigenvalue weighted by Crippen LogP contribution is 2.31. The van der Waals surface area contributed by atoms with E-state index >= 15 is 0 Å². The Kier molecular flexibility index (Phi) is 5.00. The van der Waals surface area contributed by atoms with Crippen LogP contribution in [0.1, 0.15) is 46.4 Å². The van der Waals surface area contributed by atoms with Crippen molar-refractivity contribution in [1.29, 1.82) is 0 Å². The van der Waals surface area contributed by atoms with Crippen LogP contribution in [0.3, 0.4) is 0 Å². The average molecular weight is 318 g/mol. The number of benzene rings is 1. The molecule has 0 fully saturated rings. The largest absolute Gasteiger partial charge is 0.490 e. The normalized spacial score (nSPS) is 14.5. The predicted molar refractivity (Wildman–Crippen MR) is 91.4 cm³/mol. The summed E-state index contributed by atoms with van der Waals surface area (Å²) in [6.45, 7) is 10.2. The number of furan rings is 1. The van der Waals surface area contributed by atoms with E-state index in [1.807, 2.05) is 58.9 Å². The van der Waals surface area contributed by atoms with Crippen molar-refractivity contribution in [3.8, 4) is 5.75 Å². The number of fused-ring (bicyclic) bond motifs is 1. The fourth-order valence-electron chi connectivity index (χ4n) is 2.31. The lowest BCUT2D eigenvalue weighted by Gasteiger charge is -2.27. The summed E-state index contributed by atoms with van der Waals surface area (Å²) in [5.41, 5.74) is 6.40. The van der Waals surface area contributed by atoms with Gasteiger partial charge in [-0.2, -0.15) is 0 Å². The first-order chi connectivity index (χ1) is 10.7. The second-order valence-electron chi connectivity index (χ2n) is 6.83. The van der Waals surface area contributed by atoms with Crippen LogP contribution >= 0.6 is 0 Å². The summed E-state index contributed by atoms with van der Waals surface area (Å²) in [6.07, 6.45) is 0. The molecule has 5 nitrogen and oxygen atoms in total. The summed E-state index contributed by atoms with van der Waals surface area (Å²) < 4.78 is 11.5. The second kappa shape index (κ2) is 6.62. The number of amides is 1. The number of nitrogens with one attached hydrogen (secondary N) is 1. The molecule has 0 radical (unpaired) electrons. The summed E-state index contributed by atoms with van der Waals surface area (Å²) in [7, 11) is 0. The van der Waals surface area contributed by atoms with Gasteiger partial charge in [-0.15, -0.1) is 0 Å². The molecule has 0 aliphatic carbocycles. The van der Waals surface area contributed by atoms with Gasteiger partial charge in [-0.1, -0.05) is 32.9 Å². The smallest absolute Gasteiger partial charge is 0.238 e. The molecule has 1 aromatic heterocycles. The molecule has 0 bridgehead atoms. The maximum Gasteiger partial charge on any atom is 0.238 e. The Morgan fingerprint density at radius 2 is 2.09 bits per heavy atom. The molecular weight excluding hydrogens is 292 g/mol. The maximum atomic E-state index is 12.3. The molecule has 2 atom stereocenters. The van der Waals surface area contributed by atoms with Crippen molar-refractivity contribution in [3.05, 3.63) is 30.0 Å². The molecule has 0 spiro atoms. The summed E-state index contributed by atoms with van der Waals surface area (Å²) in [5.74, 6) is 1.21. The van der Waals surface area contributed by atoms with E-state index in [-0.39, 0.29) is 17.4 Å². The van der Waals surface area contributed by atoms with Gasteiger partial charge in [0.1, 0.15) is 5.76 Å². The zero-order valence-corrected chi connectivity index (χ0v) is 14.5. The first kappa shape index (κ1) is 17.3. The number of ether oxygens (including phenoxy) is 1. The zero-order chi connectivity index (χ0) is 17.2. The van der Waals surface area contributed by atoms with E-state index in [4.69, 9.17) is 14.9 Å². The SMILES string of the molecule is CCOc1cccc2cc(C(C)NC(=O)[C@@H](N)C(C)(C)C)oc12. The second-order valence-corrected chi connectivity index (χ2v) is 6.83. The molecule has 1 heterocycles. The van der Waals surface area contributed by atoms with E-state index in [2.05, 4.69) is 5.32 Å². The van der Waals surface area contributed by atoms with E-state index in [1.54, 1.807) is 0 Å². The molecule has 5 heteroatoms. The van der Waals surface area contributed by atoms with Crippen LogP contribution in [0, 0.1) is 5.41 Å². The van der Waals surface area contributed by atoms with E-state index in [0.717, 1.165) is 5.39 Å². The molecule has 0 aliphatic heterocycles. The molecular formula is C18H26N2O3. The molecule has 1 aromatic carbocycles. The van der Waals surface area contributed by atoms with Gasteiger partial charge in [0.2, 0.25) is 5.91 Å². The van der Waals surface area contributed by atoms with Crippen molar-refractivity contribution < 1.29 is 13.9 Å². The third-order valence-electron chi connectivity index (χ3n) is 3.83. The highest BCUT2D eigenvalue weighted by Gasteiger charge is 2.29. The fraction of sp³-hybridized carbons (Fsp3) is 0.500. The van der Waals surface area contributed by atoms with Crippen LogP contribution in [-0.2, 0) is 4.79 Å². The van der Waals surface area contributed by atoms with E-state index in [9.17, 15) is 4.79 Å². The van der Waals surface area contributed by atoms with Crippen molar-refractivity contribution >= 4 is 16.9 Å². The Morgan fingerprint density at radius 1 is 1.39 bits per heavy atom. The van der Waals surface area contributed by atoms with Gasteiger partial charge in [0.15, 0.2) is 11.3 Å². The number of hydrogen-bond acceptors (Lipinski definition) is 4. The average Bonchev–Trinajstić information content (AvgIpc) is 2.91. The van der Waals surface area contributed by atoms with E-state index < -0.39 is 6.04 Å². The number of carbonyl (C=O) groups is 1. The molecule has 2 rings (SSSR count). The van der Waals surface area contributed by atoms with E-state index in [0.29, 0.717) is 23.7 Å². The van der Waals surface area contributed by atoms with Crippen LogP contribution in [0.4, 0.5) is 0 Å². The Hall–Kier alpha value is -2.01. The zero-order valence-electron chi connectivity index (χ0n) is 14.5. The summed E-state index contributed by atoms with van der Waals surface area (Å²) >= 11 is 0. The third-order valence-corrected chi connectivity index (χ3v) is 3.83. The molecule has 126 valence electrons. The number of nitrogens with two attached hydrogens (primary N) is 1. The van der Waals surface area contributed by atoms with Crippen LogP contribution in [0.5, 0.6) is 5.75 Å². The highest BCUT2D eigenvalue weighted by atomic mass is 16.5. The molecule has 0 aliphatic rings. The minimum atomic E-state index is -0.576. The van der Waals surface area contributed by atoms with Crippen LogP contribution < -0.4 is 15.8 Å². The Morgan fingerprint density at radius 3 is 2.70 bits per heavy atom. The number of carbonyl (C=O) groups excluding carboxylic acids is 1. The number of para-hydroxylation sites is 1. The van der Waals surface area contributed by atoms with Gasteiger partial charge in [0.25, 0.3) is 0 Å². The molecule has 2 aromatic rings. The fourth-order valence-corrected chi connectivity index (χ4v) is 2.31. The van der Waals surface area contributed by atoms with Gasteiger partial charge in [-0.25, -0.2) is 0 Å².